The fourth-order valence-electron chi connectivity index (χ4n) is 2.24. The topological polar surface area (TPSA) is 41.0 Å². The SMILES string of the molecule is CC(C)(C)NCC1CCN(c2ncccn2)CC1. The van der Waals surface area contributed by atoms with Crippen LogP contribution in [0, 0.1) is 5.92 Å². The van der Waals surface area contributed by atoms with Gasteiger partial charge >= 0.3 is 0 Å². The van der Waals surface area contributed by atoms with Gasteiger partial charge in [0.25, 0.3) is 0 Å². The van der Waals surface area contributed by atoms with Gasteiger partial charge in [-0.05, 0) is 52.1 Å². The predicted octanol–water partition coefficient (Wildman–Crippen LogP) is 2.08. The predicted molar refractivity (Wildman–Crippen MR) is 74.7 cm³/mol. The molecule has 1 aliphatic heterocycles. The summed E-state index contributed by atoms with van der Waals surface area (Å²) in [6.45, 7) is 9.92. The van der Waals surface area contributed by atoms with Crippen LogP contribution in [0.3, 0.4) is 0 Å². The minimum atomic E-state index is 0.222. The summed E-state index contributed by atoms with van der Waals surface area (Å²) in [4.78, 5) is 10.9. The van der Waals surface area contributed by atoms with Gasteiger partial charge < -0.3 is 10.2 Å². The Morgan fingerprint density at radius 2 is 1.83 bits per heavy atom. The fraction of sp³-hybridized carbons (Fsp3) is 0.714. The van der Waals surface area contributed by atoms with Crippen LogP contribution in [0.1, 0.15) is 33.6 Å². The van der Waals surface area contributed by atoms with Gasteiger partial charge in [0.05, 0.1) is 0 Å². The van der Waals surface area contributed by atoms with Gasteiger partial charge in [0.1, 0.15) is 0 Å². The van der Waals surface area contributed by atoms with Gasteiger partial charge in [-0.15, -0.1) is 0 Å². The summed E-state index contributed by atoms with van der Waals surface area (Å²) in [6.07, 6.45) is 6.08. The van der Waals surface area contributed by atoms with Crippen LogP contribution in [0.25, 0.3) is 0 Å². The van der Waals surface area contributed by atoms with E-state index in [1.54, 1.807) is 0 Å². The lowest BCUT2D eigenvalue weighted by Gasteiger charge is -2.33. The second kappa shape index (κ2) is 5.65. The van der Waals surface area contributed by atoms with Crippen LogP contribution in [-0.4, -0.2) is 35.1 Å². The van der Waals surface area contributed by atoms with E-state index in [1.165, 1.54) is 12.8 Å². The second-order valence-corrected chi connectivity index (χ2v) is 6.11. The Hall–Kier alpha value is -1.16. The molecule has 100 valence electrons. The molecule has 0 aliphatic carbocycles. The number of rotatable bonds is 3. The quantitative estimate of drug-likeness (QED) is 0.889. The first-order chi connectivity index (χ1) is 8.54. The first kappa shape index (κ1) is 13.3. The van der Waals surface area contributed by atoms with Gasteiger partial charge in [-0.2, -0.15) is 0 Å². The van der Waals surface area contributed by atoms with E-state index in [0.29, 0.717) is 0 Å². The van der Waals surface area contributed by atoms with Crippen LogP contribution in [0.2, 0.25) is 0 Å². The molecule has 0 aromatic carbocycles. The van der Waals surface area contributed by atoms with Crippen molar-refractivity contribution in [3.05, 3.63) is 18.5 Å². The van der Waals surface area contributed by atoms with Crippen molar-refractivity contribution in [1.29, 1.82) is 0 Å². The fourth-order valence-corrected chi connectivity index (χ4v) is 2.24. The number of aromatic nitrogens is 2. The van der Waals surface area contributed by atoms with Gasteiger partial charge in [0.2, 0.25) is 5.95 Å². The zero-order valence-corrected chi connectivity index (χ0v) is 11.7. The average Bonchev–Trinajstić information content (AvgIpc) is 2.37. The molecule has 0 radical (unpaired) electrons. The molecule has 0 saturated carbocycles. The Bertz CT molecular complexity index is 350. The Balaban J connectivity index is 1.78. The minimum Gasteiger partial charge on any atom is -0.341 e. The van der Waals surface area contributed by atoms with Crippen LogP contribution >= 0.6 is 0 Å². The molecule has 4 heteroatoms. The lowest BCUT2D eigenvalue weighted by Crippen LogP contribution is -2.43. The lowest BCUT2D eigenvalue weighted by molar-refractivity contribution is 0.328. The minimum absolute atomic E-state index is 0.222. The molecule has 18 heavy (non-hydrogen) atoms. The van der Waals surface area contributed by atoms with E-state index in [-0.39, 0.29) is 5.54 Å². The van der Waals surface area contributed by atoms with Crippen molar-refractivity contribution in [2.75, 3.05) is 24.5 Å². The normalized spacial score (nSPS) is 18.1. The molecule has 1 fully saturated rings. The Morgan fingerprint density at radius 1 is 1.22 bits per heavy atom. The van der Waals surface area contributed by atoms with Gasteiger partial charge in [0, 0.05) is 31.0 Å². The van der Waals surface area contributed by atoms with E-state index >= 15 is 0 Å². The van der Waals surface area contributed by atoms with Gasteiger partial charge in [-0.1, -0.05) is 0 Å². The van der Waals surface area contributed by atoms with Crippen molar-refractivity contribution in [3.63, 3.8) is 0 Å². The number of piperidine rings is 1. The van der Waals surface area contributed by atoms with Gasteiger partial charge in [-0.3, -0.25) is 0 Å². The zero-order chi connectivity index (χ0) is 13.0. The summed E-state index contributed by atoms with van der Waals surface area (Å²) in [7, 11) is 0. The van der Waals surface area contributed by atoms with Gasteiger partial charge in [-0.25, -0.2) is 9.97 Å². The summed E-state index contributed by atoms with van der Waals surface area (Å²) in [5, 5.41) is 3.60. The number of nitrogens with zero attached hydrogens (tertiary/aromatic N) is 3. The van der Waals surface area contributed by atoms with Crippen molar-refractivity contribution >= 4 is 5.95 Å². The molecule has 2 heterocycles. The van der Waals surface area contributed by atoms with Crippen LogP contribution < -0.4 is 10.2 Å². The van der Waals surface area contributed by atoms with Crippen molar-refractivity contribution in [3.8, 4) is 0 Å². The molecule has 0 spiro atoms. The average molecular weight is 248 g/mol. The van der Waals surface area contributed by atoms with E-state index < -0.39 is 0 Å². The molecule has 1 saturated heterocycles. The van der Waals surface area contributed by atoms with E-state index in [0.717, 1.165) is 31.5 Å². The maximum atomic E-state index is 4.31. The largest absolute Gasteiger partial charge is 0.341 e. The first-order valence-electron chi connectivity index (χ1n) is 6.81. The van der Waals surface area contributed by atoms with Crippen molar-refractivity contribution in [2.24, 2.45) is 5.92 Å². The smallest absolute Gasteiger partial charge is 0.225 e. The molecule has 0 bridgehead atoms. The van der Waals surface area contributed by atoms with Crippen molar-refractivity contribution < 1.29 is 0 Å². The van der Waals surface area contributed by atoms with Gasteiger partial charge in [0.15, 0.2) is 0 Å². The lowest BCUT2D eigenvalue weighted by atomic mass is 9.95. The van der Waals surface area contributed by atoms with E-state index in [1.807, 2.05) is 18.5 Å². The Kier molecular flexibility index (Phi) is 4.17. The molecule has 0 atom stereocenters. The summed E-state index contributed by atoms with van der Waals surface area (Å²) in [5.41, 5.74) is 0.222. The van der Waals surface area contributed by atoms with Crippen molar-refractivity contribution in [2.45, 2.75) is 39.2 Å². The third-order valence-corrected chi connectivity index (χ3v) is 3.37. The molecule has 1 N–H and O–H groups in total. The first-order valence-corrected chi connectivity index (χ1v) is 6.81. The standard InChI is InChI=1S/C14H24N4/c1-14(2,3)17-11-12-5-9-18(10-6-12)13-15-7-4-8-16-13/h4,7-8,12,17H,5-6,9-11H2,1-3H3. The molecule has 0 unspecified atom stereocenters. The molecule has 1 aliphatic rings. The summed E-state index contributed by atoms with van der Waals surface area (Å²) < 4.78 is 0. The van der Waals surface area contributed by atoms with Crippen LogP contribution in [-0.2, 0) is 0 Å². The molecule has 1 aromatic heterocycles. The summed E-state index contributed by atoms with van der Waals surface area (Å²) in [6, 6.07) is 1.86. The van der Waals surface area contributed by atoms with E-state index in [9.17, 15) is 0 Å². The monoisotopic (exact) mass is 248 g/mol. The molecule has 2 rings (SSSR count). The van der Waals surface area contributed by atoms with Crippen LogP contribution in [0.15, 0.2) is 18.5 Å². The van der Waals surface area contributed by atoms with E-state index in [2.05, 4.69) is 41.0 Å². The molecular weight excluding hydrogens is 224 g/mol. The molecule has 4 nitrogen and oxygen atoms in total. The molecule has 1 aromatic rings. The molecular formula is C14H24N4. The zero-order valence-electron chi connectivity index (χ0n) is 11.7. The maximum Gasteiger partial charge on any atom is 0.225 e. The second-order valence-electron chi connectivity index (χ2n) is 6.11. The van der Waals surface area contributed by atoms with Crippen LogP contribution in [0.5, 0.6) is 0 Å². The Labute approximate surface area is 110 Å². The number of nitrogens with one attached hydrogen (secondary N) is 1. The number of hydrogen-bond donors (Lipinski definition) is 1. The third-order valence-electron chi connectivity index (χ3n) is 3.37. The third kappa shape index (κ3) is 3.95. The summed E-state index contributed by atoms with van der Waals surface area (Å²) >= 11 is 0. The Morgan fingerprint density at radius 3 is 2.39 bits per heavy atom. The highest BCUT2D eigenvalue weighted by atomic mass is 15.2. The highest BCUT2D eigenvalue weighted by Crippen LogP contribution is 2.20. The number of hydrogen-bond acceptors (Lipinski definition) is 4. The maximum absolute atomic E-state index is 4.31. The highest BCUT2D eigenvalue weighted by molar-refractivity contribution is 5.28. The number of anilines is 1. The van der Waals surface area contributed by atoms with Crippen LogP contribution in [0.4, 0.5) is 5.95 Å². The summed E-state index contributed by atoms with van der Waals surface area (Å²) in [5.74, 6) is 1.66. The highest BCUT2D eigenvalue weighted by Gasteiger charge is 2.21. The van der Waals surface area contributed by atoms with E-state index in [4.69, 9.17) is 0 Å². The molecule has 0 amide bonds. The van der Waals surface area contributed by atoms with Crippen molar-refractivity contribution in [1.82, 2.24) is 15.3 Å².